The molecule has 0 atom stereocenters. The number of pyridine rings is 1. The first-order valence-electron chi connectivity index (χ1n) is 6.87. The third kappa shape index (κ3) is 4.23. The summed E-state index contributed by atoms with van der Waals surface area (Å²) in [6, 6.07) is 11.0. The fourth-order valence-electron chi connectivity index (χ4n) is 1.81. The highest BCUT2D eigenvalue weighted by molar-refractivity contribution is 7.99. The van der Waals surface area contributed by atoms with E-state index in [4.69, 9.17) is 5.73 Å². The standard InChI is InChI=1S/C16H19N3OS/c1-3-9-21-12-7-8-13(17)15(10-12)19-16(20)14-6-4-5-11(2)18-14/h4-8,10H,3,9,17H2,1-2H3,(H,19,20). The monoisotopic (exact) mass is 301 g/mol. The van der Waals surface area contributed by atoms with E-state index in [1.807, 2.05) is 37.3 Å². The predicted molar refractivity (Wildman–Crippen MR) is 88.8 cm³/mol. The highest BCUT2D eigenvalue weighted by Gasteiger charge is 2.10. The first-order chi connectivity index (χ1) is 10.1. The lowest BCUT2D eigenvalue weighted by Crippen LogP contribution is -2.15. The molecule has 1 aromatic heterocycles. The maximum Gasteiger partial charge on any atom is 0.274 e. The minimum absolute atomic E-state index is 0.247. The van der Waals surface area contributed by atoms with Crippen LogP contribution in [-0.2, 0) is 0 Å². The van der Waals surface area contributed by atoms with Crippen LogP contribution >= 0.6 is 11.8 Å². The van der Waals surface area contributed by atoms with Gasteiger partial charge in [-0.3, -0.25) is 4.79 Å². The van der Waals surface area contributed by atoms with Crippen molar-refractivity contribution in [3.05, 3.63) is 47.8 Å². The van der Waals surface area contributed by atoms with E-state index in [1.165, 1.54) is 0 Å². The molecule has 0 saturated heterocycles. The number of benzene rings is 1. The van der Waals surface area contributed by atoms with Crippen LogP contribution in [0.3, 0.4) is 0 Å². The Hall–Kier alpha value is -2.01. The molecule has 2 aromatic rings. The number of thioether (sulfide) groups is 1. The summed E-state index contributed by atoms with van der Waals surface area (Å²) in [6.45, 7) is 3.99. The van der Waals surface area contributed by atoms with Gasteiger partial charge < -0.3 is 11.1 Å². The van der Waals surface area contributed by atoms with Crippen molar-refractivity contribution in [1.82, 2.24) is 4.98 Å². The third-order valence-corrected chi connectivity index (χ3v) is 4.07. The Morgan fingerprint density at radius 3 is 2.86 bits per heavy atom. The molecule has 0 saturated carbocycles. The van der Waals surface area contributed by atoms with Crippen molar-refractivity contribution in [1.29, 1.82) is 0 Å². The fourth-order valence-corrected chi connectivity index (χ4v) is 2.61. The van der Waals surface area contributed by atoms with Gasteiger partial charge in [0.15, 0.2) is 0 Å². The summed E-state index contributed by atoms with van der Waals surface area (Å²) in [5.74, 6) is 0.791. The van der Waals surface area contributed by atoms with Crippen LogP contribution in [0, 0.1) is 6.92 Å². The fraction of sp³-hybridized carbons (Fsp3) is 0.250. The molecule has 3 N–H and O–H groups in total. The maximum absolute atomic E-state index is 12.2. The molecule has 1 amide bonds. The molecule has 0 fully saturated rings. The smallest absolute Gasteiger partial charge is 0.274 e. The van der Waals surface area contributed by atoms with Gasteiger partial charge in [-0.05, 0) is 49.4 Å². The number of amides is 1. The highest BCUT2D eigenvalue weighted by Crippen LogP contribution is 2.27. The summed E-state index contributed by atoms with van der Waals surface area (Å²) in [7, 11) is 0. The topological polar surface area (TPSA) is 68.0 Å². The van der Waals surface area contributed by atoms with E-state index < -0.39 is 0 Å². The summed E-state index contributed by atoms with van der Waals surface area (Å²) in [5.41, 5.74) is 8.31. The van der Waals surface area contributed by atoms with Gasteiger partial charge in [-0.2, -0.15) is 0 Å². The molecule has 1 heterocycles. The molecule has 0 radical (unpaired) electrons. The average molecular weight is 301 g/mol. The van der Waals surface area contributed by atoms with Crippen molar-refractivity contribution < 1.29 is 4.79 Å². The lowest BCUT2D eigenvalue weighted by molar-refractivity contribution is 0.102. The van der Waals surface area contributed by atoms with Crippen LogP contribution in [0.5, 0.6) is 0 Å². The molecule has 21 heavy (non-hydrogen) atoms. The number of aryl methyl sites for hydroxylation is 1. The van der Waals surface area contributed by atoms with Crippen LogP contribution in [0.2, 0.25) is 0 Å². The van der Waals surface area contributed by atoms with Gasteiger partial charge in [0.25, 0.3) is 5.91 Å². The first kappa shape index (κ1) is 15.4. The molecule has 0 spiro atoms. The molecular weight excluding hydrogens is 282 g/mol. The number of anilines is 2. The zero-order chi connectivity index (χ0) is 15.2. The van der Waals surface area contributed by atoms with E-state index in [1.54, 1.807) is 17.8 Å². The lowest BCUT2D eigenvalue weighted by atomic mass is 10.2. The molecule has 0 aliphatic rings. The molecular formula is C16H19N3OS. The summed E-state index contributed by atoms with van der Waals surface area (Å²) in [4.78, 5) is 17.5. The molecule has 110 valence electrons. The number of nitrogens with one attached hydrogen (secondary N) is 1. The van der Waals surface area contributed by atoms with Gasteiger partial charge in [0.2, 0.25) is 0 Å². The second-order valence-corrected chi connectivity index (χ2v) is 5.88. The minimum Gasteiger partial charge on any atom is -0.397 e. The van der Waals surface area contributed by atoms with Crippen molar-refractivity contribution in [3.8, 4) is 0 Å². The quantitative estimate of drug-likeness (QED) is 0.652. The van der Waals surface area contributed by atoms with Crippen molar-refractivity contribution in [2.24, 2.45) is 0 Å². The maximum atomic E-state index is 12.2. The SMILES string of the molecule is CCCSc1ccc(N)c(NC(=O)c2cccc(C)n2)c1. The van der Waals surface area contributed by atoms with E-state index in [-0.39, 0.29) is 5.91 Å². The number of hydrogen-bond acceptors (Lipinski definition) is 4. The molecule has 0 aliphatic heterocycles. The van der Waals surface area contributed by atoms with E-state index in [0.29, 0.717) is 17.1 Å². The Morgan fingerprint density at radius 2 is 2.14 bits per heavy atom. The summed E-state index contributed by atoms with van der Waals surface area (Å²) < 4.78 is 0. The molecule has 0 aliphatic carbocycles. The number of carbonyl (C=O) groups is 1. The second kappa shape index (κ2) is 7.13. The van der Waals surface area contributed by atoms with Gasteiger partial charge in [-0.15, -0.1) is 11.8 Å². The molecule has 0 bridgehead atoms. The zero-order valence-corrected chi connectivity index (χ0v) is 13.0. The van der Waals surface area contributed by atoms with Crippen molar-refractivity contribution in [2.45, 2.75) is 25.2 Å². The molecule has 5 heteroatoms. The van der Waals surface area contributed by atoms with Gasteiger partial charge in [-0.1, -0.05) is 13.0 Å². The first-order valence-corrected chi connectivity index (χ1v) is 7.86. The largest absolute Gasteiger partial charge is 0.397 e. The van der Waals surface area contributed by atoms with Crippen molar-refractivity contribution in [2.75, 3.05) is 16.8 Å². The van der Waals surface area contributed by atoms with E-state index >= 15 is 0 Å². The Bertz CT molecular complexity index is 643. The van der Waals surface area contributed by atoms with Crippen LogP contribution in [0.15, 0.2) is 41.3 Å². The van der Waals surface area contributed by atoms with E-state index in [2.05, 4.69) is 17.2 Å². The summed E-state index contributed by atoms with van der Waals surface area (Å²) in [6.07, 6.45) is 1.10. The Labute approximate surface area is 129 Å². The summed E-state index contributed by atoms with van der Waals surface area (Å²) in [5, 5.41) is 2.83. The molecule has 1 aromatic carbocycles. The normalized spacial score (nSPS) is 10.4. The van der Waals surface area contributed by atoms with Gasteiger partial charge in [0.05, 0.1) is 11.4 Å². The number of nitrogens with two attached hydrogens (primary N) is 1. The van der Waals surface area contributed by atoms with Crippen molar-refractivity contribution >= 4 is 29.0 Å². The Balaban J connectivity index is 2.16. The van der Waals surface area contributed by atoms with Gasteiger partial charge in [0.1, 0.15) is 5.69 Å². The number of rotatable bonds is 5. The van der Waals surface area contributed by atoms with Crippen LogP contribution in [0.4, 0.5) is 11.4 Å². The average Bonchev–Trinajstić information content (AvgIpc) is 2.48. The predicted octanol–water partition coefficient (Wildman–Crippen LogP) is 3.73. The number of carbonyl (C=O) groups excluding carboxylic acids is 1. The van der Waals surface area contributed by atoms with Crippen LogP contribution < -0.4 is 11.1 Å². The third-order valence-electron chi connectivity index (χ3n) is 2.87. The van der Waals surface area contributed by atoms with Crippen molar-refractivity contribution in [3.63, 3.8) is 0 Å². The van der Waals surface area contributed by atoms with Gasteiger partial charge in [0, 0.05) is 10.6 Å². The number of nitrogens with zero attached hydrogens (tertiary/aromatic N) is 1. The number of aromatic nitrogens is 1. The van der Waals surface area contributed by atoms with Crippen LogP contribution in [0.1, 0.15) is 29.5 Å². The van der Waals surface area contributed by atoms with E-state index in [9.17, 15) is 4.79 Å². The second-order valence-electron chi connectivity index (χ2n) is 4.72. The van der Waals surface area contributed by atoms with Crippen LogP contribution in [-0.4, -0.2) is 16.6 Å². The lowest BCUT2D eigenvalue weighted by Gasteiger charge is -2.10. The zero-order valence-electron chi connectivity index (χ0n) is 12.2. The van der Waals surface area contributed by atoms with E-state index in [0.717, 1.165) is 22.8 Å². The minimum atomic E-state index is -0.247. The molecule has 4 nitrogen and oxygen atoms in total. The van der Waals surface area contributed by atoms with Gasteiger partial charge >= 0.3 is 0 Å². The Kier molecular flexibility index (Phi) is 5.22. The highest BCUT2D eigenvalue weighted by atomic mass is 32.2. The number of nitrogen functional groups attached to an aromatic ring is 1. The molecule has 0 unspecified atom stereocenters. The summed E-state index contributed by atoms with van der Waals surface area (Å²) >= 11 is 1.75. The number of hydrogen-bond donors (Lipinski definition) is 2. The van der Waals surface area contributed by atoms with Crippen LogP contribution in [0.25, 0.3) is 0 Å². The van der Waals surface area contributed by atoms with Gasteiger partial charge in [-0.25, -0.2) is 4.98 Å². The Morgan fingerprint density at radius 1 is 1.33 bits per heavy atom. The molecule has 2 rings (SSSR count).